The summed E-state index contributed by atoms with van der Waals surface area (Å²) in [5.41, 5.74) is 1.12. The van der Waals surface area contributed by atoms with Gasteiger partial charge in [-0.2, -0.15) is 0 Å². The van der Waals surface area contributed by atoms with Crippen LogP contribution in [0, 0.1) is 0 Å². The molecule has 128 valence electrons. The maximum Gasteiger partial charge on any atom is 0.321 e. The van der Waals surface area contributed by atoms with E-state index in [1.165, 1.54) is 11.8 Å². The normalized spacial score (nSPS) is 13.1. The number of rotatable bonds is 6. The van der Waals surface area contributed by atoms with Crippen LogP contribution in [-0.2, 0) is 4.79 Å². The highest BCUT2D eigenvalue weighted by Gasteiger charge is 2.21. The molecule has 0 spiro atoms. The standard InChI is InChI=1S/C16H21N5O2S/c1-4-17-15(23)19-14(22)12(3)24-16-20-18-10-21(16)11(2)13-8-6-5-7-9-13/h5-12H,4H2,1-3H3,(H2,17,19,22,23)/t11-,12-/m0/s1. The lowest BCUT2D eigenvalue weighted by Gasteiger charge is -2.17. The Kier molecular flexibility index (Phi) is 6.36. The summed E-state index contributed by atoms with van der Waals surface area (Å²) in [7, 11) is 0. The van der Waals surface area contributed by atoms with Crippen molar-refractivity contribution in [1.82, 2.24) is 25.4 Å². The summed E-state index contributed by atoms with van der Waals surface area (Å²) < 4.78 is 1.91. The molecule has 1 aromatic carbocycles. The van der Waals surface area contributed by atoms with Crippen molar-refractivity contribution in [1.29, 1.82) is 0 Å². The monoisotopic (exact) mass is 347 g/mol. The van der Waals surface area contributed by atoms with E-state index in [9.17, 15) is 9.59 Å². The van der Waals surface area contributed by atoms with Gasteiger partial charge in [-0.3, -0.25) is 10.1 Å². The minimum Gasteiger partial charge on any atom is -0.338 e. The van der Waals surface area contributed by atoms with Crippen molar-refractivity contribution in [3.63, 3.8) is 0 Å². The first-order valence-electron chi connectivity index (χ1n) is 7.72. The first-order valence-corrected chi connectivity index (χ1v) is 8.60. The van der Waals surface area contributed by atoms with Crippen molar-refractivity contribution in [2.45, 2.75) is 37.2 Å². The Morgan fingerprint density at radius 1 is 1.25 bits per heavy atom. The van der Waals surface area contributed by atoms with E-state index >= 15 is 0 Å². The third-order valence-corrected chi connectivity index (χ3v) is 4.54. The number of hydrogen-bond donors (Lipinski definition) is 2. The third-order valence-electron chi connectivity index (χ3n) is 3.46. The zero-order chi connectivity index (χ0) is 17.5. The first kappa shape index (κ1) is 18.0. The van der Waals surface area contributed by atoms with Gasteiger partial charge in [0.25, 0.3) is 0 Å². The van der Waals surface area contributed by atoms with E-state index in [0.717, 1.165) is 5.56 Å². The third kappa shape index (κ3) is 4.58. The average Bonchev–Trinajstić information content (AvgIpc) is 3.03. The van der Waals surface area contributed by atoms with E-state index in [-0.39, 0.29) is 11.9 Å². The van der Waals surface area contributed by atoms with Crippen molar-refractivity contribution >= 4 is 23.7 Å². The number of amides is 3. The van der Waals surface area contributed by atoms with Gasteiger partial charge in [0.1, 0.15) is 6.33 Å². The molecule has 0 radical (unpaired) electrons. The highest BCUT2D eigenvalue weighted by atomic mass is 32.2. The molecule has 2 rings (SSSR count). The van der Waals surface area contributed by atoms with Gasteiger partial charge in [0.2, 0.25) is 5.91 Å². The van der Waals surface area contributed by atoms with Gasteiger partial charge in [0, 0.05) is 6.54 Å². The fraction of sp³-hybridized carbons (Fsp3) is 0.375. The number of thioether (sulfide) groups is 1. The molecule has 0 aliphatic rings. The summed E-state index contributed by atoms with van der Waals surface area (Å²) in [5.74, 6) is -0.368. The van der Waals surface area contributed by atoms with Crippen molar-refractivity contribution in [3.8, 4) is 0 Å². The van der Waals surface area contributed by atoms with Crippen LogP contribution in [0.15, 0.2) is 41.8 Å². The summed E-state index contributed by atoms with van der Waals surface area (Å²) in [5, 5.41) is 13.0. The Balaban J connectivity index is 2.05. The Morgan fingerprint density at radius 3 is 2.62 bits per heavy atom. The van der Waals surface area contributed by atoms with Gasteiger partial charge in [0.05, 0.1) is 11.3 Å². The van der Waals surface area contributed by atoms with Gasteiger partial charge in [-0.15, -0.1) is 10.2 Å². The maximum absolute atomic E-state index is 12.1. The molecule has 0 bridgehead atoms. The molecule has 0 saturated heterocycles. The molecule has 2 aromatic rings. The molecule has 1 heterocycles. The molecular weight excluding hydrogens is 326 g/mol. The number of urea groups is 1. The molecule has 0 aliphatic heterocycles. The first-order chi connectivity index (χ1) is 11.5. The van der Waals surface area contributed by atoms with Crippen LogP contribution in [0.4, 0.5) is 4.79 Å². The van der Waals surface area contributed by atoms with Gasteiger partial charge >= 0.3 is 6.03 Å². The van der Waals surface area contributed by atoms with Crippen molar-refractivity contribution in [3.05, 3.63) is 42.2 Å². The number of hydrogen-bond acceptors (Lipinski definition) is 5. The summed E-state index contributed by atoms with van der Waals surface area (Å²) in [6.45, 7) is 6.02. The smallest absolute Gasteiger partial charge is 0.321 e. The highest BCUT2D eigenvalue weighted by Crippen LogP contribution is 2.26. The number of imide groups is 1. The molecule has 0 fully saturated rings. The summed E-state index contributed by atoms with van der Waals surface area (Å²) in [4.78, 5) is 23.5. The van der Waals surface area contributed by atoms with Gasteiger partial charge < -0.3 is 9.88 Å². The van der Waals surface area contributed by atoms with E-state index in [0.29, 0.717) is 11.7 Å². The number of nitrogens with zero attached hydrogens (tertiary/aromatic N) is 3. The molecule has 3 amide bonds. The van der Waals surface area contributed by atoms with Crippen LogP contribution in [0.3, 0.4) is 0 Å². The van der Waals surface area contributed by atoms with Crippen LogP contribution in [0.25, 0.3) is 0 Å². The van der Waals surface area contributed by atoms with Crippen LogP contribution < -0.4 is 10.6 Å². The fourth-order valence-corrected chi connectivity index (χ4v) is 3.01. The largest absolute Gasteiger partial charge is 0.338 e. The highest BCUT2D eigenvalue weighted by molar-refractivity contribution is 8.00. The number of benzene rings is 1. The maximum atomic E-state index is 12.1. The van der Waals surface area contributed by atoms with Crippen molar-refractivity contribution < 1.29 is 9.59 Å². The molecule has 0 saturated carbocycles. The molecular formula is C16H21N5O2S. The number of aromatic nitrogens is 3. The second-order valence-electron chi connectivity index (χ2n) is 5.22. The van der Waals surface area contributed by atoms with E-state index in [1.807, 2.05) is 41.8 Å². The number of carbonyl (C=O) groups excluding carboxylic acids is 2. The Labute approximate surface area is 145 Å². The van der Waals surface area contributed by atoms with Gasteiger partial charge in [-0.25, -0.2) is 4.79 Å². The van der Waals surface area contributed by atoms with E-state index in [1.54, 1.807) is 20.2 Å². The van der Waals surface area contributed by atoms with Crippen LogP contribution in [-0.4, -0.2) is 38.5 Å². The summed E-state index contributed by atoms with van der Waals surface area (Å²) in [6.07, 6.45) is 1.65. The molecule has 7 nitrogen and oxygen atoms in total. The SMILES string of the molecule is CCNC(=O)NC(=O)[C@H](C)Sc1nncn1[C@@H](C)c1ccccc1. The quantitative estimate of drug-likeness (QED) is 0.782. The minimum absolute atomic E-state index is 0.0438. The zero-order valence-electron chi connectivity index (χ0n) is 13.9. The molecule has 0 unspecified atom stereocenters. The number of carbonyl (C=O) groups is 2. The predicted molar refractivity (Wildman–Crippen MR) is 92.8 cm³/mol. The van der Waals surface area contributed by atoms with Crippen LogP contribution in [0.5, 0.6) is 0 Å². The van der Waals surface area contributed by atoms with E-state index in [2.05, 4.69) is 20.8 Å². The average molecular weight is 347 g/mol. The second-order valence-corrected chi connectivity index (χ2v) is 6.52. The lowest BCUT2D eigenvalue weighted by molar-refractivity contribution is -0.119. The van der Waals surface area contributed by atoms with Gasteiger partial charge in [0.15, 0.2) is 5.16 Å². The predicted octanol–water partition coefficient (Wildman–Crippen LogP) is 2.21. The Morgan fingerprint density at radius 2 is 1.96 bits per heavy atom. The van der Waals surface area contributed by atoms with Crippen LogP contribution >= 0.6 is 11.8 Å². The summed E-state index contributed by atoms with van der Waals surface area (Å²) >= 11 is 1.27. The molecule has 2 N–H and O–H groups in total. The summed E-state index contributed by atoms with van der Waals surface area (Å²) in [6, 6.07) is 9.54. The van der Waals surface area contributed by atoms with Gasteiger partial charge in [-0.1, -0.05) is 42.1 Å². The lowest BCUT2D eigenvalue weighted by atomic mass is 10.1. The van der Waals surface area contributed by atoms with Crippen LogP contribution in [0.1, 0.15) is 32.4 Å². The fourth-order valence-electron chi connectivity index (χ4n) is 2.10. The van der Waals surface area contributed by atoms with Gasteiger partial charge in [-0.05, 0) is 26.3 Å². The topological polar surface area (TPSA) is 88.9 Å². The molecule has 1 aromatic heterocycles. The van der Waals surface area contributed by atoms with E-state index < -0.39 is 11.3 Å². The molecule has 0 aliphatic carbocycles. The molecule has 2 atom stereocenters. The second kappa shape index (κ2) is 8.49. The Bertz CT molecular complexity index is 689. The van der Waals surface area contributed by atoms with Crippen molar-refractivity contribution in [2.24, 2.45) is 0 Å². The molecule has 24 heavy (non-hydrogen) atoms. The van der Waals surface area contributed by atoms with E-state index in [4.69, 9.17) is 0 Å². The van der Waals surface area contributed by atoms with Crippen molar-refractivity contribution in [2.75, 3.05) is 6.54 Å². The minimum atomic E-state index is -0.492. The Hall–Kier alpha value is -2.35. The number of nitrogens with one attached hydrogen (secondary N) is 2. The lowest BCUT2D eigenvalue weighted by Crippen LogP contribution is -2.42. The van der Waals surface area contributed by atoms with Crippen LogP contribution in [0.2, 0.25) is 0 Å². The zero-order valence-corrected chi connectivity index (χ0v) is 14.7. The molecule has 8 heteroatoms.